The van der Waals surface area contributed by atoms with Gasteiger partial charge >= 0.3 is 0 Å². The Kier molecular flexibility index (Phi) is 1.18. The predicted octanol–water partition coefficient (Wildman–Crippen LogP) is 1.30. The standard InChI is InChI=1S/C4H4ClN3/c5-4(3-6)1-2-7-8-4/h1-2H2. The van der Waals surface area contributed by atoms with Gasteiger partial charge in [0.05, 0.1) is 6.54 Å². The summed E-state index contributed by atoms with van der Waals surface area (Å²) in [4.78, 5) is -1.03. The molecule has 0 aliphatic carbocycles. The van der Waals surface area contributed by atoms with Crippen LogP contribution in [0.4, 0.5) is 0 Å². The number of halogens is 1. The molecular weight excluding hydrogens is 126 g/mol. The quantitative estimate of drug-likeness (QED) is 0.359. The van der Waals surface area contributed by atoms with Gasteiger partial charge in [-0.1, -0.05) is 11.6 Å². The highest BCUT2D eigenvalue weighted by Crippen LogP contribution is 2.25. The molecule has 0 aromatic rings. The maximum Gasteiger partial charge on any atom is 0.241 e. The Morgan fingerprint density at radius 3 is 2.75 bits per heavy atom. The molecule has 1 aliphatic rings. The van der Waals surface area contributed by atoms with Crippen molar-refractivity contribution in [1.29, 1.82) is 5.26 Å². The van der Waals surface area contributed by atoms with Crippen molar-refractivity contribution >= 4 is 11.6 Å². The van der Waals surface area contributed by atoms with Crippen LogP contribution in [-0.2, 0) is 0 Å². The lowest BCUT2D eigenvalue weighted by Crippen LogP contribution is -2.10. The van der Waals surface area contributed by atoms with Gasteiger partial charge in [0.2, 0.25) is 5.00 Å². The second-order valence-corrected chi connectivity index (χ2v) is 2.21. The third-order valence-electron chi connectivity index (χ3n) is 0.944. The highest BCUT2D eigenvalue weighted by molar-refractivity contribution is 6.25. The highest BCUT2D eigenvalue weighted by atomic mass is 35.5. The fraction of sp³-hybridized carbons (Fsp3) is 0.750. The van der Waals surface area contributed by atoms with Gasteiger partial charge in [-0.05, 0) is 0 Å². The van der Waals surface area contributed by atoms with Gasteiger partial charge in [0.15, 0.2) is 0 Å². The first-order valence-electron chi connectivity index (χ1n) is 2.26. The Balaban J connectivity index is 2.72. The molecule has 0 fully saturated rings. The van der Waals surface area contributed by atoms with Crippen molar-refractivity contribution in [3.8, 4) is 6.07 Å². The lowest BCUT2D eigenvalue weighted by Gasteiger charge is -2.00. The van der Waals surface area contributed by atoms with E-state index in [1.807, 2.05) is 6.07 Å². The van der Waals surface area contributed by atoms with Crippen molar-refractivity contribution in [2.75, 3.05) is 6.54 Å². The van der Waals surface area contributed by atoms with E-state index in [9.17, 15) is 0 Å². The number of azo groups is 1. The molecular formula is C4H4ClN3. The summed E-state index contributed by atoms with van der Waals surface area (Å²) in [6.07, 6.45) is 0.547. The van der Waals surface area contributed by atoms with Crippen molar-refractivity contribution in [2.24, 2.45) is 10.2 Å². The van der Waals surface area contributed by atoms with Crippen LogP contribution in [0.2, 0.25) is 0 Å². The third kappa shape index (κ3) is 0.797. The second-order valence-electron chi connectivity index (χ2n) is 1.59. The lowest BCUT2D eigenvalue weighted by molar-refractivity contribution is 0.765. The number of hydrogen-bond donors (Lipinski definition) is 0. The van der Waals surface area contributed by atoms with Crippen molar-refractivity contribution < 1.29 is 0 Å². The first kappa shape index (κ1) is 5.52. The number of hydrogen-bond acceptors (Lipinski definition) is 3. The lowest BCUT2D eigenvalue weighted by atomic mass is 10.2. The van der Waals surface area contributed by atoms with E-state index in [2.05, 4.69) is 10.2 Å². The molecule has 0 amide bonds. The van der Waals surface area contributed by atoms with Crippen LogP contribution in [0.5, 0.6) is 0 Å². The van der Waals surface area contributed by atoms with Crippen LogP contribution in [0.25, 0.3) is 0 Å². The van der Waals surface area contributed by atoms with Crippen molar-refractivity contribution in [1.82, 2.24) is 0 Å². The van der Waals surface area contributed by atoms with E-state index in [1.165, 1.54) is 0 Å². The van der Waals surface area contributed by atoms with E-state index in [1.54, 1.807) is 0 Å². The number of rotatable bonds is 0. The number of nitrogens with zero attached hydrogens (tertiary/aromatic N) is 3. The van der Waals surface area contributed by atoms with Crippen molar-refractivity contribution in [2.45, 2.75) is 11.4 Å². The molecule has 1 aliphatic heterocycles. The first-order valence-corrected chi connectivity index (χ1v) is 2.63. The largest absolute Gasteiger partial charge is 0.241 e. The van der Waals surface area contributed by atoms with Crippen LogP contribution < -0.4 is 0 Å². The maximum atomic E-state index is 8.29. The molecule has 1 unspecified atom stereocenters. The molecule has 0 spiro atoms. The molecule has 1 heterocycles. The topological polar surface area (TPSA) is 48.5 Å². The van der Waals surface area contributed by atoms with Crippen molar-refractivity contribution in [3.63, 3.8) is 0 Å². The zero-order valence-electron chi connectivity index (χ0n) is 4.13. The average molecular weight is 130 g/mol. The fourth-order valence-electron chi connectivity index (χ4n) is 0.489. The number of alkyl halides is 1. The van der Waals surface area contributed by atoms with Gasteiger partial charge in [-0.3, -0.25) is 0 Å². The Bertz CT molecular complexity index is 159. The summed E-state index contributed by atoms with van der Waals surface area (Å²) >= 11 is 5.53. The SMILES string of the molecule is N#CC1(Cl)CCN=N1. The molecule has 0 saturated carbocycles. The van der Waals surface area contributed by atoms with E-state index in [0.717, 1.165) is 0 Å². The van der Waals surface area contributed by atoms with Gasteiger partial charge in [0.1, 0.15) is 6.07 Å². The summed E-state index contributed by atoms with van der Waals surface area (Å²) in [5.74, 6) is 0. The summed E-state index contributed by atoms with van der Waals surface area (Å²) < 4.78 is 0. The molecule has 4 heteroatoms. The first-order chi connectivity index (χ1) is 3.77. The van der Waals surface area contributed by atoms with E-state index >= 15 is 0 Å². The van der Waals surface area contributed by atoms with E-state index in [-0.39, 0.29) is 0 Å². The molecule has 3 nitrogen and oxygen atoms in total. The highest BCUT2D eigenvalue weighted by Gasteiger charge is 2.29. The maximum absolute atomic E-state index is 8.29. The Morgan fingerprint density at radius 2 is 2.50 bits per heavy atom. The van der Waals surface area contributed by atoms with Crippen LogP contribution in [0.15, 0.2) is 10.2 Å². The van der Waals surface area contributed by atoms with E-state index < -0.39 is 5.00 Å². The summed E-state index contributed by atoms with van der Waals surface area (Å²) in [7, 11) is 0. The molecule has 1 atom stereocenters. The average Bonchev–Trinajstić information content (AvgIpc) is 2.17. The monoisotopic (exact) mass is 129 g/mol. The molecule has 0 radical (unpaired) electrons. The minimum absolute atomic E-state index is 0.547. The van der Waals surface area contributed by atoms with E-state index in [4.69, 9.17) is 16.9 Å². The Labute approximate surface area is 52.0 Å². The summed E-state index contributed by atoms with van der Waals surface area (Å²) in [5.41, 5.74) is 0. The number of nitriles is 1. The van der Waals surface area contributed by atoms with Crippen molar-refractivity contribution in [3.05, 3.63) is 0 Å². The minimum Gasteiger partial charge on any atom is -0.194 e. The smallest absolute Gasteiger partial charge is 0.194 e. The van der Waals surface area contributed by atoms with E-state index in [0.29, 0.717) is 13.0 Å². The molecule has 42 valence electrons. The molecule has 1 rings (SSSR count). The predicted molar refractivity (Wildman–Crippen MR) is 28.5 cm³/mol. The summed E-state index contributed by atoms with van der Waals surface area (Å²) in [6, 6.07) is 1.85. The molecule has 0 bridgehead atoms. The van der Waals surface area contributed by atoms with Crippen LogP contribution in [0.3, 0.4) is 0 Å². The second kappa shape index (κ2) is 1.71. The third-order valence-corrected chi connectivity index (χ3v) is 1.29. The molecule has 0 N–H and O–H groups in total. The van der Waals surface area contributed by atoms with Crippen LogP contribution in [0, 0.1) is 11.3 Å². The summed E-state index contributed by atoms with van der Waals surface area (Å²) in [6.45, 7) is 0.580. The molecule has 8 heavy (non-hydrogen) atoms. The molecule has 0 aromatic heterocycles. The van der Waals surface area contributed by atoms with Gasteiger partial charge in [0.25, 0.3) is 0 Å². The zero-order chi connectivity index (χ0) is 6.04. The molecule has 0 saturated heterocycles. The molecule has 0 aromatic carbocycles. The van der Waals surface area contributed by atoms with Gasteiger partial charge in [-0.2, -0.15) is 15.5 Å². The Hall–Kier alpha value is -0.620. The van der Waals surface area contributed by atoms with Crippen LogP contribution >= 0.6 is 11.6 Å². The minimum atomic E-state index is -1.03. The van der Waals surface area contributed by atoms with Gasteiger partial charge in [0, 0.05) is 6.42 Å². The summed E-state index contributed by atoms with van der Waals surface area (Å²) in [5, 5.41) is 15.4. The van der Waals surface area contributed by atoms with Gasteiger partial charge in [-0.15, -0.1) is 0 Å². The zero-order valence-corrected chi connectivity index (χ0v) is 4.89. The van der Waals surface area contributed by atoms with Crippen LogP contribution in [0.1, 0.15) is 6.42 Å². The van der Waals surface area contributed by atoms with Crippen LogP contribution in [-0.4, -0.2) is 11.5 Å². The normalized spacial score (nSPS) is 35.0. The fourth-order valence-corrected chi connectivity index (χ4v) is 0.626. The van der Waals surface area contributed by atoms with Gasteiger partial charge in [-0.25, -0.2) is 0 Å². The Morgan fingerprint density at radius 1 is 1.75 bits per heavy atom. The van der Waals surface area contributed by atoms with Gasteiger partial charge < -0.3 is 0 Å².